The predicted molar refractivity (Wildman–Crippen MR) is 105 cm³/mol. The zero-order valence-corrected chi connectivity index (χ0v) is 16.9. The van der Waals surface area contributed by atoms with Crippen molar-refractivity contribution in [3.05, 3.63) is 34.4 Å². The van der Waals surface area contributed by atoms with E-state index >= 15 is 0 Å². The minimum atomic E-state index is -4.81. The number of rotatable bonds is 6. The summed E-state index contributed by atoms with van der Waals surface area (Å²) in [5.74, 6) is 0.255. The summed E-state index contributed by atoms with van der Waals surface area (Å²) in [5.41, 5.74) is 0.0397. The largest absolute Gasteiger partial charge is 0.573 e. The van der Waals surface area contributed by atoms with Gasteiger partial charge in [-0.1, -0.05) is 13.3 Å². The normalized spacial score (nSPS) is 19.4. The Hall–Kier alpha value is -2.13. The molecule has 2 aromatic rings. The second kappa shape index (κ2) is 8.71. The number of piperazine rings is 1. The molecule has 0 radical (unpaired) electrons. The number of benzene rings is 1. The van der Waals surface area contributed by atoms with E-state index < -0.39 is 12.1 Å². The third-order valence-electron chi connectivity index (χ3n) is 5.21. The van der Waals surface area contributed by atoms with E-state index in [1.165, 1.54) is 12.1 Å². The van der Waals surface area contributed by atoms with E-state index in [-0.39, 0.29) is 17.0 Å². The lowest BCUT2D eigenvalue weighted by Crippen LogP contribution is -2.51. The van der Waals surface area contributed by atoms with E-state index in [2.05, 4.69) is 28.8 Å². The standard InChI is InChI=1S/C20H27F3N4O2/c1-4-6-17(26-10-9-24-13(3)12-26)18-25-16-8-7-14(29-20(21,22)23)11-15(16)19(28)27(18)5-2/h7-8,11,13,17,24H,4-6,9-10,12H2,1-3H3/t13-,17+/m0/s1. The number of ether oxygens (including phenoxy) is 1. The van der Waals surface area contributed by atoms with Gasteiger partial charge in [-0.3, -0.25) is 14.3 Å². The molecule has 0 bridgehead atoms. The van der Waals surface area contributed by atoms with Gasteiger partial charge in [-0.05, 0) is 38.5 Å². The summed E-state index contributed by atoms with van der Waals surface area (Å²) in [6, 6.07) is 4.06. The minimum Gasteiger partial charge on any atom is -0.406 e. The molecule has 2 atom stereocenters. The molecule has 1 aromatic carbocycles. The van der Waals surface area contributed by atoms with Gasteiger partial charge in [-0.2, -0.15) is 0 Å². The predicted octanol–water partition coefficient (Wildman–Crippen LogP) is 3.45. The van der Waals surface area contributed by atoms with Gasteiger partial charge >= 0.3 is 6.36 Å². The van der Waals surface area contributed by atoms with Crippen LogP contribution in [0.3, 0.4) is 0 Å². The summed E-state index contributed by atoms with van der Waals surface area (Å²) in [6.45, 7) is 9.02. The maximum Gasteiger partial charge on any atom is 0.573 e. The van der Waals surface area contributed by atoms with Crippen molar-refractivity contribution in [3.63, 3.8) is 0 Å². The zero-order valence-electron chi connectivity index (χ0n) is 16.9. The second-order valence-electron chi connectivity index (χ2n) is 7.40. The maximum atomic E-state index is 13.1. The van der Waals surface area contributed by atoms with Gasteiger partial charge in [0.05, 0.1) is 16.9 Å². The summed E-state index contributed by atoms with van der Waals surface area (Å²) in [4.78, 5) is 20.2. The van der Waals surface area contributed by atoms with Crippen LogP contribution < -0.4 is 15.6 Å². The Labute approximate surface area is 167 Å². The molecule has 6 nitrogen and oxygen atoms in total. The third kappa shape index (κ3) is 4.90. The van der Waals surface area contributed by atoms with Crippen molar-refractivity contribution in [1.82, 2.24) is 19.8 Å². The van der Waals surface area contributed by atoms with E-state index in [1.807, 2.05) is 6.92 Å². The minimum absolute atomic E-state index is 0.0206. The van der Waals surface area contributed by atoms with E-state index in [4.69, 9.17) is 4.98 Å². The number of halogens is 3. The van der Waals surface area contributed by atoms with E-state index in [1.54, 1.807) is 4.57 Å². The van der Waals surface area contributed by atoms with Gasteiger partial charge in [0.2, 0.25) is 0 Å². The van der Waals surface area contributed by atoms with Crippen LogP contribution in [0.25, 0.3) is 10.9 Å². The van der Waals surface area contributed by atoms with E-state index in [0.717, 1.165) is 38.5 Å². The first-order valence-corrected chi connectivity index (χ1v) is 10.0. The van der Waals surface area contributed by atoms with Gasteiger partial charge in [0.25, 0.3) is 5.56 Å². The first-order chi connectivity index (χ1) is 13.7. The molecule has 1 aliphatic heterocycles. The Bertz CT molecular complexity index is 913. The highest BCUT2D eigenvalue weighted by atomic mass is 19.4. The fraction of sp³-hybridized carbons (Fsp3) is 0.600. The Morgan fingerprint density at radius 1 is 1.34 bits per heavy atom. The maximum absolute atomic E-state index is 13.1. The van der Waals surface area contributed by atoms with Crippen molar-refractivity contribution in [2.24, 2.45) is 0 Å². The summed E-state index contributed by atoms with van der Waals surface area (Å²) in [6.07, 6.45) is -3.03. The smallest absolute Gasteiger partial charge is 0.406 e. The lowest BCUT2D eigenvalue weighted by molar-refractivity contribution is -0.274. The van der Waals surface area contributed by atoms with Gasteiger partial charge in [0.1, 0.15) is 11.6 Å². The molecular weight excluding hydrogens is 385 g/mol. The summed E-state index contributed by atoms with van der Waals surface area (Å²) >= 11 is 0. The highest BCUT2D eigenvalue weighted by Gasteiger charge is 2.32. The van der Waals surface area contributed by atoms with E-state index in [9.17, 15) is 18.0 Å². The molecule has 3 rings (SSSR count). The number of hydrogen-bond donors (Lipinski definition) is 1. The van der Waals surface area contributed by atoms with Crippen LogP contribution in [0.15, 0.2) is 23.0 Å². The third-order valence-corrected chi connectivity index (χ3v) is 5.21. The SMILES string of the molecule is CCC[C@H](c1nc2ccc(OC(F)(F)F)cc2c(=O)n1CC)N1CCN[C@@H](C)C1. The summed E-state index contributed by atoms with van der Waals surface area (Å²) in [5, 5.41) is 3.54. The van der Waals surface area contributed by atoms with E-state index in [0.29, 0.717) is 23.9 Å². The molecule has 1 aliphatic rings. The molecule has 1 aromatic heterocycles. The average molecular weight is 412 g/mol. The van der Waals surface area contributed by atoms with Gasteiger partial charge in [-0.25, -0.2) is 4.98 Å². The second-order valence-corrected chi connectivity index (χ2v) is 7.40. The molecule has 1 N–H and O–H groups in total. The highest BCUT2D eigenvalue weighted by Crippen LogP contribution is 2.28. The zero-order chi connectivity index (χ0) is 21.2. The molecule has 0 unspecified atom stereocenters. The first kappa shape index (κ1) is 21.6. The number of nitrogens with one attached hydrogen (secondary N) is 1. The number of alkyl halides is 3. The molecule has 1 saturated heterocycles. The molecule has 29 heavy (non-hydrogen) atoms. The molecule has 0 aliphatic carbocycles. The molecular formula is C20H27F3N4O2. The van der Waals surface area contributed by atoms with Gasteiger partial charge in [0.15, 0.2) is 0 Å². The Morgan fingerprint density at radius 3 is 2.72 bits per heavy atom. The molecule has 0 spiro atoms. The Kier molecular flexibility index (Phi) is 6.48. The monoisotopic (exact) mass is 412 g/mol. The van der Waals surface area contributed by atoms with Crippen molar-refractivity contribution < 1.29 is 17.9 Å². The van der Waals surface area contributed by atoms with Crippen molar-refractivity contribution in [2.75, 3.05) is 19.6 Å². The van der Waals surface area contributed by atoms with Gasteiger partial charge in [0, 0.05) is 32.2 Å². The topological polar surface area (TPSA) is 59.4 Å². The number of fused-ring (bicyclic) bond motifs is 1. The number of hydrogen-bond acceptors (Lipinski definition) is 5. The molecule has 0 amide bonds. The highest BCUT2D eigenvalue weighted by molar-refractivity contribution is 5.79. The number of aromatic nitrogens is 2. The average Bonchev–Trinajstić information content (AvgIpc) is 2.65. The lowest BCUT2D eigenvalue weighted by Gasteiger charge is -2.38. The molecule has 9 heteroatoms. The van der Waals surface area contributed by atoms with Crippen LogP contribution in [0, 0.1) is 0 Å². The fourth-order valence-electron chi connectivity index (χ4n) is 3.97. The van der Waals surface area contributed by atoms with Gasteiger partial charge < -0.3 is 10.1 Å². The van der Waals surface area contributed by atoms with Crippen molar-refractivity contribution in [1.29, 1.82) is 0 Å². The number of nitrogens with zero attached hydrogens (tertiary/aromatic N) is 3. The van der Waals surface area contributed by atoms with Crippen LogP contribution >= 0.6 is 0 Å². The van der Waals surface area contributed by atoms with Crippen molar-refractivity contribution in [2.45, 2.75) is 58.6 Å². The van der Waals surface area contributed by atoms with Crippen molar-refractivity contribution >= 4 is 10.9 Å². The molecule has 0 saturated carbocycles. The Balaban J connectivity index is 2.08. The molecule has 2 heterocycles. The van der Waals surface area contributed by atoms with Crippen LogP contribution in [0.1, 0.15) is 45.5 Å². The van der Waals surface area contributed by atoms with Crippen LogP contribution in [-0.2, 0) is 6.54 Å². The quantitative estimate of drug-likeness (QED) is 0.788. The Morgan fingerprint density at radius 2 is 2.10 bits per heavy atom. The van der Waals surface area contributed by atoms with Crippen molar-refractivity contribution in [3.8, 4) is 5.75 Å². The molecule has 1 fully saturated rings. The summed E-state index contributed by atoms with van der Waals surface area (Å²) < 4.78 is 43.2. The summed E-state index contributed by atoms with van der Waals surface area (Å²) in [7, 11) is 0. The van der Waals surface area contributed by atoms with Crippen LogP contribution in [-0.4, -0.2) is 46.5 Å². The van der Waals surface area contributed by atoms with Crippen LogP contribution in [0.4, 0.5) is 13.2 Å². The first-order valence-electron chi connectivity index (χ1n) is 10.0. The molecule has 160 valence electrons. The lowest BCUT2D eigenvalue weighted by atomic mass is 10.1. The van der Waals surface area contributed by atoms with Gasteiger partial charge in [-0.15, -0.1) is 13.2 Å². The van der Waals surface area contributed by atoms with Crippen LogP contribution in [0.5, 0.6) is 5.75 Å². The van der Waals surface area contributed by atoms with Crippen LogP contribution in [0.2, 0.25) is 0 Å². The fourth-order valence-corrected chi connectivity index (χ4v) is 3.97.